The summed E-state index contributed by atoms with van der Waals surface area (Å²) in [5.41, 5.74) is -0.416. The first-order chi connectivity index (χ1) is 10.7. The predicted octanol–water partition coefficient (Wildman–Crippen LogP) is 1.76. The van der Waals surface area contributed by atoms with Crippen LogP contribution >= 0.6 is 23.7 Å². The molecule has 1 aromatic heterocycles. The molecule has 1 rings (SSSR count). The molecule has 0 aliphatic carbocycles. The van der Waals surface area contributed by atoms with Gasteiger partial charge >= 0.3 is 0 Å². The van der Waals surface area contributed by atoms with E-state index in [1.54, 1.807) is 12.1 Å². The Kier molecular flexibility index (Phi) is 10.1. The Hall–Kier alpha value is -0.670. The van der Waals surface area contributed by atoms with Gasteiger partial charge < -0.3 is 10.6 Å². The summed E-state index contributed by atoms with van der Waals surface area (Å²) in [5, 5.41) is 5.93. The van der Waals surface area contributed by atoms with Gasteiger partial charge in [-0.3, -0.25) is 4.79 Å². The summed E-state index contributed by atoms with van der Waals surface area (Å²) in [4.78, 5) is 12.7. The summed E-state index contributed by atoms with van der Waals surface area (Å²) in [6.07, 6.45) is 0.624. The van der Waals surface area contributed by atoms with Crippen LogP contribution in [0.15, 0.2) is 16.3 Å². The lowest BCUT2D eigenvalue weighted by Gasteiger charge is -2.17. The van der Waals surface area contributed by atoms with Crippen molar-refractivity contribution in [3.63, 3.8) is 0 Å². The third-order valence-electron chi connectivity index (χ3n) is 3.08. The molecule has 0 bridgehead atoms. The van der Waals surface area contributed by atoms with Crippen molar-refractivity contribution in [1.82, 2.24) is 15.4 Å². The first kappa shape index (κ1) is 23.3. The Bertz CT molecular complexity index is 610. The van der Waals surface area contributed by atoms with E-state index in [9.17, 15) is 13.2 Å². The smallest absolute Gasteiger partial charge is 0.250 e. The van der Waals surface area contributed by atoms with E-state index in [-0.39, 0.29) is 18.3 Å². The number of nitrogens with one attached hydrogen (secondary N) is 3. The summed E-state index contributed by atoms with van der Waals surface area (Å²) in [6, 6.07) is 3.41. The zero-order valence-electron chi connectivity index (χ0n) is 14.6. The number of rotatable bonds is 9. The number of amides is 1. The molecule has 24 heavy (non-hydrogen) atoms. The van der Waals surface area contributed by atoms with Gasteiger partial charge in [-0.1, -0.05) is 27.7 Å². The van der Waals surface area contributed by atoms with Crippen LogP contribution in [0.5, 0.6) is 0 Å². The van der Waals surface area contributed by atoms with Gasteiger partial charge in [-0.05, 0) is 25.1 Å². The van der Waals surface area contributed by atoms with Crippen LogP contribution in [0.2, 0.25) is 0 Å². The fraction of sp³-hybridized carbons (Fsp3) is 0.667. The van der Waals surface area contributed by atoms with Gasteiger partial charge in [0.15, 0.2) is 0 Å². The van der Waals surface area contributed by atoms with Gasteiger partial charge in [-0.15, -0.1) is 23.7 Å². The number of carbonyl (C=O) groups excluding carboxylic acids is 1. The fourth-order valence-electron chi connectivity index (χ4n) is 1.72. The SMILES string of the molecule is CCNCCNS(=O)(=O)c1ccc(CCNC(=O)C(C)(C)C)s1.Cl. The van der Waals surface area contributed by atoms with Crippen LogP contribution in [0.1, 0.15) is 32.6 Å². The van der Waals surface area contributed by atoms with E-state index < -0.39 is 15.4 Å². The van der Waals surface area contributed by atoms with Crippen molar-refractivity contribution in [2.45, 2.75) is 38.3 Å². The standard InChI is InChI=1S/C15H27N3O3S2.ClH/c1-5-16-10-11-18-23(20,21)13-7-6-12(22-13)8-9-17-14(19)15(2,3)4;/h6-7,16,18H,5,8-11H2,1-4H3,(H,17,19);1H. The van der Waals surface area contributed by atoms with E-state index in [1.807, 2.05) is 27.7 Å². The highest BCUT2D eigenvalue weighted by molar-refractivity contribution is 7.91. The molecule has 1 heterocycles. The van der Waals surface area contributed by atoms with E-state index in [4.69, 9.17) is 0 Å². The van der Waals surface area contributed by atoms with E-state index in [1.165, 1.54) is 11.3 Å². The van der Waals surface area contributed by atoms with Crippen molar-refractivity contribution in [1.29, 1.82) is 0 Å². The van der Waals surface area contributed by atoms with E-state index in [0.29, 0.717) is 30.3 Å². The maximum Gasteiger partial charge on any atom is 0.250 e. The summed E-state index contributed by atoms with van der Waals surface area (Å²) >= 11 is 1.24. The van der Waals surface area contributed by atoms with Gasteiger partial charge in [0.2, 0.25) is 15.9 Å². The highest BCUT2D eigenvalue weighted by Crippen LogP contribution is 2.21. The third-order valence-corrected chi connectivity index (χ3v) is 6.18. The first-order valence-corrected chi connectivity index (χ1v) is 10.0. The molecule has 0 aliphatic heterocycles. The third kappa shape index (κ3) is 7.94. The largest absolute Gasteiger partial charge is 0.355 e. The molecule has 0 saturated carbocycles. The molecule has 140 valence electrons. The molecular weight excluding hydrogens is 370 g/mol. The average molecular weight is 398 g/mol. The van der Waals surface area contributed by atoms with Gasteiger partial charge in [0.25, 0.3) is 0 Å². The van der Waals surface area contributed by atoms with E-state index in [0.717, 1.165) is 11.4 Å². The summed E-state index contributed by atoms with van der Waals surface area (Å²) in [7, 11) is -3.44. The molecule has 0 atom stereocenters. The number of hydrogen-bond donors (Lipinski definition) is 3. The fourth-order valence-corrected chi connectivity index (χ4v) is 4.15. The molecule has 0 unspecified atom stereocenters. The van der Waals surface area contributed by atoms with E-state index in [2.05, 4.69) is 15.4 Å². The Morgan fingerprint density at radius 3 is 2.42 bits per heavy atom. The Morgan fingerprint density at radius 2 is 1.83 bits per heavy atom. The minimum atomic E-state index is -3.44. The zero-order valence-corrected chi connectivity index (χ0v) is 17.1. The highest BCUT2D eigenvalue weighted by atomic mass is 35.5. The van der Waals surface area contributed by atoms with Crippen molar-refractivity contribution < 1.29 is 13.2 Å². The molecule has 0 radical (unpaired) electrons. The van der Waals surface area contributed by atoms with Crippen molar-refractivity contribution in [3.05, 3.63) is 17.0 Å². The number of halogens is 1. The summed E-state index contributed by atoms with van der Waals surface area (Å²) < 4.78 is 27.1. The van der Waals surface area contributed by atoms with Crippen LogP contribution in [-0.4, -0.2) is 40.5 Å². The van der Waals surface area contributed by atoms with Crippen molar-refractivity contribution >= 4 is 39.7 Å². The lowest BCUT2D eigenvalue weighted by molar-refractivity contribution is -0.128. The molecule has 0 aromatic carbocycles. The number of thiophene rings is 1. The Labute approximate surface area is 155 Å². The number of hydrogen-bond acceptors (Lipinski definition) is 5. The minimum absolute atomic E-state index is 0. The number of likely N-dealkylation sites (N-methyl/N-ethyl adjacent to an activating group) is 1. The molecule has 1 aromatic rings. The monoisotopic (exact) mass is 397 g/mol. The normalized spacial score (nSPS) is 11.8. The molecule has 0 fully saturated rings. The Morgan fingerprint density at radius 1 is 1.17 bits per heavy atom. The second-order valence-electron chi connectivity index (χ2n) is 6.23. The van der Waals surface area contributed by atoms with Gasteiger partial charge in [-0.2, -0.15) is 0 Å². The second kappa shape index (κ2) is 10.4. The molecule has 0 saturated heterocycles. The molecule has 3 N–H and O–H groups in total. The van der Waals surface area contributed by atoms with Gasteiger partial charge in [-0.25, -0.2) is 13.1 Å². The topological polar surface area (TPSA) is 87.3 Å². The molecule has 1 amide bonds. The lowest BCUT2D eigenvalue weighted by atomic mass is 9.96. The van der Waals surface area contributed by atoms with Gasteiger partial charge in [0, 0.05) is 29.9 Å². The van der Waals surface area contributed by atoms with Crippen LogP contribution in [0.25, 0.3) is 0 Å². The molecule has 9 heteroatoms. The maximum atomic E-state index is 12.1. The first-order valence-electron chi connectivity index (χ1n) is 7.74. The predicted molar refractivity (Wildman–Crippen MR) is 101 cm³/mol. The summed E-state index contributed by atoms with van der Waals surface area (Å²) in [5.74, 6) is -0.00741. The molecular formula is C15H28ClN3O3S2. The molecule has 0 aliphatic rings. The van der Waals surface area contributed by atoms with Crippen molar-refractivity contribution in [2.75, 3.05) is 26.2 Å². The van der Waals surface area contributed by atoms with Gasteiger partial charge in [0.05, 0.1) is 0 Å². The molecule has 6 nitrogen and oxygen atoms in total. The number of sulfonamides is 1. The van der Waals surface area contributed by atoms with Crippen LogP contribution in [0.4, 0.5) is 0 Å². The minimum Gasteiger partial charge on any atom is -0.355 e. The van der Waals surface area contributed by atoms with Crippen molar-refractivity contribution in [2.24, 2.45) is 5.41 Å². The summed E-state index contributed by atoms with van der Waals surface area (Å²) in [6.45, 7) is 9.83. The quantitative estimate of drug-likeness (QED) is 0.554. The average Bonchev–Trinajstić information content (AvgIpc) is 2.92. The zero-order chi connectivity index (χ0) is 17.5. The van der Waals surface area contributed by atoms with Crippen LogP contribution < -0.4 is 15.4 Å². The van der Waals surface area contributed by atoms with Crippen molar-refractivity contribution in [3.8, 4) is 0 Å². The Balaban J connectivity index is 0.00000529. The number of carbonyl (C=O) groups is 1. The van der Waals surface area contributed by atoms with Crippen LogP contribution in [0, 0.1) is 5.41 Å². The second-order valence-corrected chi connectivity index (χ2v) is 9.39. The van der Waals surface area contributed by atoms with Crippen LogP contribution in [0.3, 0.4) is 0 Å². The van der Waals surface area contributed by atoms with Crippen LogP contribution in [-0.2, 0) is 21.2 Å². The lowest BCUT2D eigenvalue weighted by Crippen LogP contribution is -2.35. The maximum absolute atomic E-state index is 12.1. The van der Waals surface area contributed by atoms with E-state index >= 15 is 0 Å². The van der Waals surface area contributed by atoms with Gasteiger partial charge in [0.1, 0.15) is 4.21 Å². The highest BCUT2D eigenvalue weighted by Gasteiger charge is 2.20. The molecule has 0 spiro atoms.